The SMILES string of the molecule is O=C(O)c1ccc(-c2cc(F)c(F)cc2F)c(O)c1. The molecular formula is C13H7F3O3. The summed E-state index contributed by atoms with van der Waals surface area (Å²) in [6.45, 7) is 0. The molecule has 0 saturated heterocycles. The number of hydrogen-bond donors (Lipinski definition) is 2. The van der Waals surface area contributed by atoms with Crippen LogP contribution in [0, 0.1) is 17.5 Å². The third-order valence-corrected chi connectivity index (χ3v) is 2.54. The van der Waals surface area contributed by atoms with Crippen LogP contribution in [0.5, 0.6) is 5.75 Å². The average Bonchev–Trinajstić information content (AvgIpc) is 2.34. The van der Waals surface area contributed by atoms with Crippen LogP contribution in [-0.4, -0.2) is 16.2 Å². The maximum absolute atomic E-state index is 13.5. The quantitative estimate of drug-likeness (QED) is 0.822. The van der Waals surface area contributed by atoms with Crippen molar-refractivity contribution in [1.29, 1.82) is 0 Å². The van der Waals surface area contributed by atoms with Crippen LogP contribution >= 0.6 is 0 Å². The van der Waals surface area contributed by atoms with Gasteiger partial charge in [0, 0.05) is 17.2 Å². The summed E-state index contributed by atoms with van der Waals surface area (Å²) >= 11 is 0. The van der Waals surface area contributed by atoms with E-state index in [1.54, 1.807) is 0 Å². The molecule has 0 heterocycles. The number of phenolic OH excluding ortho intramolecular Hbond substituents is 1. The molecule has 2 rings (SSSR count). The molecule has 2 N–H and O–H groups in total. The number of carboxylic acids is 1. The number of hydrogen-bond acceptors (Lipinski definition) is 2. The van der Waals surface area contributed by atoms with Gasteiger partial charge in [-0.3, -0.25) is 0 Å². The molecule has 0 aliphatic rings. The molecule has 0 saturated carbocycles. The number of aromatic carboxylic acids is 1. The second-order valence-electron chi connectivity index (χ2n) is 3.78. The zero-order chi connectivity index (χ0) is 14.2. The van der Waals surface area contributed by atoms with Gasteiger partial charge in [0.05, 0.1) is 5.56 Å². The van der Waals surface area contributed by atoms with Gasteiger partial charge in [-0.1, -0.05) is 0 Å². The Hall–Kier alpha value is -2.50. The summed E-state index contributed by atoms with van der Waals surface area (Å²) in [6, 6.07) is 4.10. The Bertz CT molecular complexity index is 668. The van der Waals surface area contributed by atoms with E-state index in [1.807, 2.05) is 0 Å². The molecule has 3 nitrogen and oxygen atoms in total. The first-order valence-electron chi connectivity index (χ1n) is 5.11. The van der Waals surface area contributed by atoms with E-state index in [4.69, 9.17) is 5.11 Å². The minimum absolute atomic E-state index is 0.124. The average molecular weight is 268 g/mol. The zero-order valence-corrected chi connectivity index (χ0v) is 9.32. The molecule has 0 fully saturated rings. The van der Waals surface area contributed by atoms with Gasteiger partial charge in [0.1, 0.15) is 11.6 Å². The molecule has 0 aliphatic carbocycles. The first kappa shape index (κ1) is 12.9. The lowest BCUT2D eigenvalue weighted by atomic mass is 10.0. The minimum atomic E-state index is -1.34. The third-order valence-electron chi connectivity index (χ3n) is 2.54. The van der Waals surface area contributed by atoms with Crippen molar-refractivity contribution in [3.63, 3.8) is 0 Å². The first-order valence-corrected chi connectivity index (χ1v) is 5.11. The zero-order valence-electron chi connectivity index (χ0n) is 9.32. The Balaban J connectivity index is 2.59. The topological polar surface area (TPSA) is 57.5 Å². The Morgan fingerprint density at radius 2 is 1.53 bits per heavy atom. The Morgan fingerprint density at radius 3 is 2.11 bits per heavy atom. The summed E-state index contributed by atoms with van der Waals surface area (Å²) in [4.78, 5) is 10.7. The Labute approximate surface area is 105 Å². The fraction of sp³-hybridized carbons (Fsp3) is 0. The Morgan fingerprint density at radius 1 is 0.895 bits per heavy atom. The van der Waals surface area contributed by atoms with Crippen molar-refractivity contribution < 1.29 is 28.2 Å². The smallest absolute Gasteiger partial charge is 0.335 e. The molecule has 0 spiro atoms. The lowest BCUT2D eigenvalue weighted by Crippen LogP contribution is -1.97. The van der Waals surface area contributed by atoms with Crippen molar-refractivity contribution in [3.8, 4) is 16.9 Å². The van der Waals surface area contributed by atoms with Crippen molar-refractivity contribution in [3.05, 3.63) is 53.3 Å². The maximum Gasteiger partial charge on any atom is 0.335 e. The number of aromatic hydroxyl groups is 1. The molecule has 0 aliphatic heterocycles. The molecule has 0 bridgehead atoms. The molecule has 0 amide bonds. The van der Waals surface area contributed by atoms with Crippen LogP contribution in [-0.2, 0) is 0 Å². The predicted molar refractivity (Wildman–Crippen MR) is 60.4 cm³/mol. The van der Waals surface area contributed by atoms with Crippen LogP contribution in [0.2, 0.25) is 0 Å². The van der Waals surface area contributed by atoms with Gasteiger partial charge < -0.3 is 10.2 Å². The Kier molecular flexibility index (Phi) is 3.16. The van der Waals surface area contributed by atoms with E-state index < -0.39 is 29.2 Å². The molecule has 2 aromatic carbocycles. The van der Waals surface area contributed by atoms with Gasteiger partial charge in [0.15, 0.2) is 11.6 Å². The molecule has 19 heavy (non-hydrogen) atoms. The van der Waals surface area contributed by atoms with Crippen molar-refractivity contribution >= 4 is 5.97 Å². The molecule has 6 heteroatoms. The lowest BCUT2D eigenvalue weighted by molar-refractivity contribution is 0.0696. The fourth-order valence-corrected chi connectivity index (χ4v) is 1.62. The number of rotatable bonds is 2. The molecule has 0 aromatic heterocycles. The third kappa shape index (κ3) is 2.37. The number of benzene rings is 2. The second kappa shape index (κ2) is 4.64. The van der Waals surface area contributed by atoms with Crippen LogP contribution in [0.3, 0.4) is 0 Å². The molecule has 98 valence electrons. The van der Waals surface area contributed by atoms with Gasteiger partial charge >= 0.3 is 5.97 Å². The van der Waals surface area contributed by atoms with E-state index >= 15 is 0 Å². The lowest BCUT2D eigenvalue weighted by Gasteiger charge is -2.07. The van der Waals surface area contributed by atoms with E-state index in [2.05, 4.69) is 0 Å². The highest BCUT2D eigenvalue weighted by molar-refractivity contribution is 5.89. The summed E-state index contributed by atoms with van der Waals surface area (Å²) in [5, 5.41) is 18.3. The standard InChI is InChI=1S/C13H7F3O3/c14-9-5-11(16)10(15)4-8(9)7-2-1-6(13(18)19)3-12(7)17/h1-5,17H,(H,18,19). The van der Waals surface area contributed by atoms with Crippen LogP contribution in [0.15, 0.2) is 30.3 Å². The number of halogens is 3. The van der Waals surface area contributed by atoms with Crippen molar-refractivity contribution in [2.45, 2.75) is 0 Å². The van der Waals surface area contributed by atoms with E-state index in [9.17, 15) is 23.1 Å². The van der Waals surface area contributed by atoms with Crippen LogP contribution < -0.4 is 0 Å². The molecule has 0 atom stereocenters. The number of phenols is 1. The van der Waals surface area contributed by atoms with Crippen molar-refractivity contribution in [1.82, 2.24) is 0 Å². The molecule has 0 radical (unpaired) electrons. The van der Waals surface area contributed by atoms with Crippen molar-refractivity contribution in [2.75, 3.05) is 0 Å². The predicted octanol–water partition coefficient (Wildman–Crippen LogP) is 3.17. The highest BCUT2D eigenvalue weighted by atomic mass is 19.2. The number of carboxylic acid groups (broad SMARTS) is 1. The maximum atomic E-state index is 13.5. The fourth-order valence-electron chi connectivity index (χ4n) is 1.62. The summed E-state index contributed by atoms with van der Waals surface area (Å²) in [5.74, 6) is -5.48. The van der Waals surface area contributed by atoms with Gasteiger partial charge in [0.25, 0.3) is 0 Å². The summed E-state index contributed by atoms with van der Waals surface area (Å²) < 4.78 is 39.4. The van der Waals surface area contributed by atoms with E-state index in [0.717, 1.165) is 18.2 Å². The largest absolute Gasteiger partial charge is 0.507 e. The first-order chi connectivity index (χ1) is 8.90. The van der Waals surface area contributed by atoms with E-state index in [-0.39, 0.29) is 16.7 Å². The monoisotopic (exact) mass is 268 g/mol. The summed E-state index contributed by atoms with van der Waals surface area (Å²) in [7, 11) is 0. The number of carbonyl (C=O) groups is 1. The van der Waals surface area contributed by atoms with Crippen LogP contribution in [0.4, 0.5) is 13.2 Å². The van der Waals surface area contributed by atoms with Gasteiger partial charge in [-0.05, 0) is 24.3 Å². The van der Waals surface area contributed by atoms with Crippen molar-refractivity contribution in [2.24, 2.45) is 0 Å². The van der Waals surface area contributed by atoms with E-state index in [0.29, 0.717) is 12.1 Å². The highest BCUT2D eigenvalue weighted by Crippen LogP contribution is 2.32. The second-order valence-corrected chi connectivity index (χ2v) is 3.78. The summed E-state index contributed by atoms with van der Waals surface area (Å²) in [6.07, 6.45) is 0. The minimum Gasteiger partial charge on any atom is -0.507 e. The molecular weight excluding hydrogens is 261 g/mol. The van der Waals surface area contributed by atoms with Gasteiger partial charge in [0.2, 0.25) is 0 Å². The van der Waals surface area contributed by atoms with E-state index in [1.165, 1.54) is 0 Å². The molecule has 2 aromatic rings. The normalized spacial score (nSPS) is 10.5. The molecule has 0 unspecified atom stereocenters. The van der Waals surface area contributed by atoms with Crippen LogP contribution in [0.1, 0.15) is 10.4 Å². The van der Waals surface area contributed by atoms with Crippen LogP contribution in [0.25, 0.3) is 11.1 Å². The summed E-state index contributed by atoms with van der Waals surface area (Å²) in [5.41, 5.74) is -0.681. The highest BCUT2D eigenvalue weighted by Gasteiger charge is 2.15. The van der Waals surface area contributed by atoms with Gasteiger partial charge in [-0.15, -0.1) is 0 Å². The van der Waals surface area contributed by atoms with Gasteiger partial charge in [-0.25, -0.2) is 18.0 Å². The van der Waals surface area contributed by atoms with Gasteiger partial charge in [-0.2, -0.15) is 0 Å².